The zero-order valence-corrected chi connectivity index (χ0v) is 8.16. The van der Waals surface area contributed by atoms with E-state index in [0.29, 0.717) is 5.92 Å². The molecule has 13 heavy (non-hydrogen) atoms. The predicted molar refractivity (Wildman–Crippen MR) is 49.5 cm³/mol. The summed E-state index contributed by atoms with van der Waals surface area (Å²) in [6.45, 7) is 2.67. The summed E-state index contributed by atoms with van der Waals surface area (Å²) in [5.41, 5.74) is 0.0180. The van der Waals surface area contributed by atoms with E-state index in [0.717, 1.165) is 12.4 Å². The maximum atomic E-state index is 11.5. The Morgan fingerprint density at radius 1 is 1.54 bits per heavy atom. The Morgan fingerprint density at radius 3 is 2.62 bits per heavy atom. The van der Waals surface area contributed by atoms with E-state index in [1.54, 1.807) is 16.3 Å². The molecule has 0 N–H and O–H groups in total. The molecule has 1 fully saturated rings. The monoisotopic (exact) mass is 181 g/mol. The van der Waals surface area contributed by atoms with Crippen LogP contribution in [0, 0.1) is 12.8 Å². The van der Waals surface area contributed by atoms with Gasteiger partial charge in [0.15, 0.2) is 0 Å². The first kappa shape index (κ1) is 8.53. The molecule has 1 aromatic rings. The van der Waals surface area contributed by atoms with Gasteiger partial charge in [-0.3, -0.25) is 4.57 Å². The van der Waals surface area contributed by atoms with Crippen molar-refractivity contribution < 1.29 is 0 Å². The highest BCUT2D eigenvalue weighted by Crippen LogP contribution is 2.26. The lowest BCUT2D eigenvalue weighted by Crippen LogP contribution is -2.28. The minimum atomic E-state index is 0.0180. The molecule has 1 saturated carbocycles. The maximum absolute atomic E-state index is 11.5. The Balaban J connectivity index is 2.19. The van der Waals surface area contributed by atoms with Crippen molar-refractivity contribution in [2.75, 3.05) is 0 Å². The second kappa shape index (κ2) is 3.01. The highest BCUT2D eigenvalue weighted by Gasteiger charge is 2.19. The van der Waals surface area contributed by atoms with Gasteiger partial charge < -0.3 is 0 Å². The van der Waals surface area contributed by atoms with Gasteiger partial charge in [-0.25, -0.2) is 9.48 Å². The van der Waals surface area contributed by atoms with Crippen LogP contribution in [0.15, 0.2) is 4.79 Å². The Kier molecular flexibility index (Phi) is 1.98. The van der Waals surface area contributed by atoms with E-state index in [1.165, 1.54) is 19.3 Å². The Labute approximate surface area is 77.2 Å². The largest absolute Gasteiger partial charge is 0.345 e. The van der Waals surface area contributed by atoms with E-state index in [1.807, 2.05) is 6.92 Å². The average molecular weight is 181 g/mol. The van der Waals surface area contributed by atoms with Gasteiger partial charge in [-0.15, -0.1) is 0 Å². The van der Waals surface area contributed by atoms with E-state index >= 15 is 0 Å². The van der Waals surface area contributed by atoms with Gasteiger partial charge in [-0.1, -0.05) is 6.42 Å². The fourth-order valence-corrected chi connectivity index (χ4v) is 1.63. The van der Waals surface area contributed by atoms with E-state index in [9.17, 15) is 4.79 Å². The number of aryl methyl sites for hydroxylation is 1. The molecule has 1 aliphatic rings. The molecule has 1 heterocycles. The van der Waals surface area contributed by atoms with Crippen molar-refractivity contribution >= 4 is 0 Å². The van der Waals surface area contributed by atoms with Gasteiger partial charge in [0.2, 0.25) is 0 Å². The van der Waals surface area contributed by atoms with Crippen LogP contribution in [-0.2, 0) is 13.6 Å². The lowest BCUT2D eigenvalue weighted by Gasteiger charge is -2.24. The highest BCUT2D eigenvalue weighted by molar-refractivity contribution is 4.82. The molecule has 0 amide bonds. The third-order valence-electron chi connectivity index (χ3n) is 2.91. The molecule has 0 radical (unpaired) electrons. The zero-order chi connectivity index (χ0) is 9.42. The number of hydrogen-bond acceptors (Lipinski definition) is 2. The van der Waals surface area contributed by atoms with Crippen molar-refractivity contribution in [2.24, 2.45) is 13.0 Å². The molecular formula is C9H15N3O. The topological polar surface area (TPSA) is 39.8 Å². The first-order chi connectivity index (χ1) is 6.18. The van der Waals surface area contributed by atoms with Crippen LogP contribution in [0.5, 0.6) is 0 Å². The third-order valence-corrected chi connectivity index (χ3v) is 2.91. The smallest absolute Gasteiger partial charge is 0.282 e. The minimum Gasteiger partial charge on any atom is -0.282 e. The van der Waals surface area contributed by atoms with E-state index in [2.05, 4.69) is 5.10 Å². The quantitative estimate of drug-likeness (QED) is 0.673. The predicted octanol–water partition coefficient (Wildman–Crippen LogP) is 0.690. The number of rotatable bonds is 2. The number of aromatic nitrogens is 3. The van der Waals surface area contributed by atoms with Gasteiger partial charge in [-0.2, -0.15) is 5.10 Å². The van der Waals surface area contributed by atoms with Gasteiger partial charge in [0.25, 0.3) is 0 Å². The Bertz CT molecular complexity index is 359. The Hall–Kier alpha value is -1.06. The third kappa shape index (κ3) is 1.41. The number of nitrogens with zero attached hydrogens (tertiary/aromatic N) is 3. The van der Waals surface area contributed by atoms with Crippen molar-refractivity contribution in [3.63, 3.8) is 0 Å². The van der Waals surface area contributed by atoms with Crippen LogP contribution in [0.25, 0.3) is 0 Å². The van der Waals surface area contributed by atoms with Crippen molar-refractivity contribution in [1.82, 2.24) is 14.3 Å². The van der Waals surface area contributed by atoms with E-state index in [-0.39, 0.29) is 5.69 Å². The fourth-order valence-electron chi connectivity index (χ4n) is 1.63. The summed E-state index contributed by atoms with van der Waals surface area (Å²) >= 11 is 0. The van der Waals surface area contributed by atoms with Crippen LogP contribution in [0.1, 0.15) is 25.1 Å². The maximum Gasteiger partial charge on any atom is 0.345 e. The molecule has 4 heteroatoms. The standard InChI is InChI=1S/C9H15N3O/c1-7-10-12(9(13)11(7)2)6-8-4-3-5-8/h8H,3-6H2,1-2H3. The van der Waals surface area contributed by atoms with E-state index < -0.39 is 0 Å². The molecule has 1 aromatic heterocycles. The van der Waals surface area contributed by atoms with Gasteiger partial charge in [-0.05, 0) is 25.7 Å². The van der Waals surface area contributed by atoms with Crippen LogP contribution in [0.2, 0.25) is 0 Å². The van der Waals surface area contributed by atoms with Crippen LogP contribution < -0.4 is 5.69 Å². The van der Waals surface area contributed by atoms with Crippen molar-refractivity contribution in [3.05, 3.63) is 16.3 Å². The summed E-state index contributed by atoms with van der Waals surface area (Å²) in [7, 11) is 1.77. The minimum absolute atomic E-state index is 0.0180. The molecule has 0 aromatic carbocycles. The van der Waals surface area contributed by atoms with Gasteiger partial charge in [0.1, 0.15) is 5.82 Å². The molecule has 0 saturated heterocycles. The summed E-state index contributed by atoms with van der Waals surface area (Å²) in [6.07, 6.45) is 3.81. The lowest BCUT2D eigenvalue weighted by molar-refractivity contribution is 0.262. The first-order valence-corrected chi connectivity index (χ1v) is 4.79. The summed E-state index contributed by atoms with van der Waals surface area (Å²) < 4.78 is 3.19. The van der Waals surface area contributed by atoms with Crippen LogP contribution in [0.4, 0.5) is 0 Å². The molecule has 0 atom stereocenters. The summed E-state index contributed by atoms with van der Waals surface area (Å²) in [5.74, 6) is 1.48. The SMILES string of the molecule is Cc1nn(CC2CCC2)c(=O)n1C. The molecular weight excluding hydrogens is 166 g/mol. The molecule has 2 rings (SSSR count). The summed E-state index contributed by atoms with van der Waals surface area (Å²) in [6, 6.07) is 0. The van der Waals surface area contributed by atoms with E-state index in [4.69, 9.17) is 0 Å². The molecule has 1 aliphatic carbocycles. The summed E-state index contributed by atoms with van der Waals surface area (Å²) in [4.78, 5) is 11.5. The van der Waals surface area contributed by atoms with Crippen molar-refractivity contribution in [3.8, 4) is 0 Å². The van der Waals surface area contributed by atoms with Crippen LogP contribution in [0.3, 0.4) is 0 Å². The van der Waals surface area contributed by atoms with Gasteiger partial charge in [0.05, 0.1) is 0 Å². The second-order valence-corrected chi connectivity index (χ2v) is 3.87. The zero-order valence-electron chi connectivity index (χ0n) is 8.16. The average Bonchev–Trinajstić information content (AvgIpc) is 2.26. The van der Waals surface area contributed by atoms with Crippen LogP contribution in [-0.4, -0.2) is 14.3 Å². The molecule has 0 spiro atoms. The van der Waals surface area contributed by atoms with Crippen LogP contribution >= 0.6 is 0 Å². The number of hydrogen-bond donors (Lipinski definition) is 0. The Morgan fingerprint density at radius 2 is 2.23 bits per heavy atom. The fraction of sp³-hybridized carbons (Fsp3) is 0.778. The lowest BCUT2D eigenvalue weighted by atomic mass is 9.85. The molecule has 72 valence electrons. The molecule has 0 unspecified atom stereocenters. The van der Waals surface area contributed by atoms with Gasteiger partial charge >= 0.3 is 5.69 Å². The summed E-state index contributed by atoms with van der Waals surface area (Å²) in [5, 5.41) is 4.20. The van der Waals surface area contributed by atoms with Crippen molar-refractivity contribution in [2.45, 2.75) is 32.7 Å². The molecule has 0 bridgehead atoms. The second-order valence-electron chi connectivity index (χ2n) is 3.87. The van der Waals surface area contributed by atoms with Gasteiger partial charge in [0, 0.05) is 13.6 Å². The molecule has 4 nitrogen and oxygen atoms in total. The van der Waals surface area contributed by atoms with Crippen molar-refractivity contribution in [1.29, 1.82) is 0 Å². The first-order valence-electron chi connectivity index (χ1n) is 4.79. The highest BCUT2D eigenvalue weighted by atomic mass is 16.2. The molecule has 0 aliphatic heterocycles. The normalized spacial score (nSPS) is 17.4.